The summed E-state index contributed by atoms with van der Waals surface area (Å²) in [5.74, 6) is 1.56. The van der Waals surface area contributed by atoms with E-state index in [1.165, 1.54) is 30.6 Å². The van der Waals surface area contributed by atoms with Crippen LogP contribution in [0.15, 0.2) is 5.16 Å². The Morgan fingerprint density at radius 2 is 1.92 bits per heavy atom. The molecule has 0 saturated carbocycles. The lowest BCUT2D eigenvalue weighted by Gasteiger charge is -2.17. The zero-order valence-electron chi connectivity index (χ0n) is 14.8. The van der Waals surface area contributed by atoms with Crippen molar-refractivity contribution in [2.24, 2.45) is 0 Å². The van der Waals surface area contributed by atoms with Crippen LogP contribution in [0.3, 0.4) is 0 Å². The zero-order valence-corrected chi connectivity index (χ0v) is 16.5. The molecule has 0 bridgehead atoms. The van der Waals surface area contributed by atoms with Crippen molar-refractivity contribution in [2.75, 3.05) is 43.0 Å². The van der Waals surface area contributed by atoms with Gasteiger partial charge in [-0.2, -0.15) is 4.98 Å². The van der Waals surface area contributed by atoms with Crippen LogP contribution >= 0.6 is 23.1 Å². The Balaban J connectivity index is 1.97. The molecule has 8 heteroatoms. The van der Waals surface area contributed by atoms with Gasteiger partial charge in [0, 0.05) is 18.8 Å². The zero-order chi connectivity index (χ0) is 17.4. The van der Waals surface area contributed by atoms with Gasteiger partial charge in [0.05, 0.1) is 0 Å². The molecule has 2 aromatic heterocycles. The number of likely N-dealkylation sites (N-methyl/N-ethyl adjacent to an activating group) is 1. The second kappa shape index (κ2) is 10.0. The summed E-state index contributed by atoms with van der Waals surface area (Å²) in [7, 11) is 0. The van der Waals surface area contributed by atoms with Crippen LogP contribution in [-0.4, -0.2) is 51.8 Å². The molecule has 0 fully saturated rings. The lowest BCUT2D eigenvalue weighted by Crippen LogP contribution is -2.28. The third-order valence-corrected chi connectivity index (χ3v) is 5.80. The van der Waals surface area contributed by atoms with Crippen molar-refractivity contribution in [3.8, 4) is 0 Å². The highest BCUT2D eigenvalue weighted by Crippen LogP contribution is 2.30. The number of nitrogens with two attached hydrogens (primary N) is 1. The smallest absolute Gasteiger partial charge is 0.191 e. The number of nitrogens with zero attached hydrogens (tertiary/aromatic N) is 4. The number of unbranched alkanes of at least 4 members (excludes halogenated alkanes) is 2. The van der Waals surface area contributed by atoms with Crippen LogP contribution < -0.4 is 11.1 Å². The first-order valence-electron chi connectivity index (χ1n) is 8.70. The van der Waals surface area contributed by atoms with Gasteiger partial charge in [-0.25, -0.2) is 9.97 Å². The number of thiazole rings is 1. The van der Waals surface area contributed by atoms with Gasteiger partial charge in [0.15, 0.2) is 15.9 Å². The Kier molecular flexibility index (Phi) is 8.01. The van der Waals surface area contributed by atoms with Crippen molar-refractivity contribution in [3.05, 3.63) is 0 Å². The van der Waals surface area contributed by atoms with E-state index in [2.05, 4.69) is 45.9 Å². The molecule has 0 spiro atoms. The Morgan fingerprint density at radius 3 is 2.62 bits per heavy atom. The molecule has 2 rings (SSSR count). The standard InChI is InChI=1S/C16H28N6S2/c1-4-7-8-11-23-16-19-13(17)12-14(21-16)20-15(24-12)18-9-10-22(5-2)6-3/h4-11H2,1-3H3,(H3,17,18,19,20,21). The molecule has 0 atom stereocenters. The number of fused-ring (bicyclic) bond motifs is 1. The first-order chi connectivity index (χ1) is 11.7. The Bertz CT molecular complexity index is 626. The Morgan fingerprint density at radius 1 is 1.12 bits per heavy atom. The van der Waals surface area contributed by atoms with Gasteiger partial charge in [-0.3, -0.25) is 0 Å². The number of rotatable bonds is 11. The normalized spacial score (nSPS) is 11.5. The van der Waals surface area contributed by atoms with E-state index >= 15 is 0 Å². The van der Waals surface area contributed by atoms with E-state index in [-0.39, 0.29) is 0 Å². The monoisotopic (exact) mass is 368 g/mol. The lowest BCUT2D eigenvalue weighted by molar-refractivity contribution is 0.316. The summed E-state index contributed by atoms with van der Waals surface area (Å²) in [6.07, 6.45) is 3.64. The van der Waals surface area contributed by atoms with E-state index in [1.54, 1.807) is 11.8 Å². The first-order valence-corrected chi connectivity index (χ1v) is 10.5. The molecular formula is C16H28N6S2. The number of anilines is 2. The molecule has 6 nitrogen and oxygen atoms in total. The number of aromatic nitrogens is 3. The fraction of sp³-hybridized carbons (Fsp3) is 0.688. The van der Waals surface area contributed by atoms with Gasteiger partial charge in [-0.15, -0.1) is 0 Å². The van der Waals surface area contributed by atoms with Crippen LogP contribution in [0, 0.1) is 0 Å². The number of thioether (sulfide) groups is 1. The van der Waals surface area contributed by atoms with E-state index in [9.17, 15) is 0 Å². The fourth-order valence-corrected chi connectivity index (χ4v) is 4.02. The third kappa shape index (κ3) is 5.46. The molecule has 0 radical (unpaired) electrons. The fourth-order valence-electron chi connectivity index (χ4n) is 2.34. The van der Waals surface area contributed by atoms with Crippen molar-refractivity contribution >= 4 is 44.4 Å². The van der Waals surface area contributed by atoms with E-state index in [0.29, 0.717) is 11.5 Å². The SMILES string of the molecule is CCCCCSc1nc(N)c2sc(NCCN(CC)CC)nc2n1. The van der Waals surface area contributed by atoms with Gasteiger partial charge in [-0.05, 0) is 19.5 Å². The summed E-state index contributed by atoms with van der Waals surface area (Å²) < 4.78 is 0.873. The van der Waals surface area contributed by atoms with Crippen molar-refractivity contribution in [2.45, 2.75) is 45.2 Å². The Hall–Kier alpha value is -1.12. The average Bonchev–Trinajstić information content (AvgIpc) is 2.99. The molecule has 0 aromatic carbocycles. The topological polar surface area (TPSA) is 80.0 Å². The molecular weight excluding hydrogens is 340 g/mol. The highest BCUT2D eigenvalue weighted by Gasteiger charge is 2.12. The van der Waals surface area contributed by atoms with Crippen LogP contribution in [0.25, 0.3) is 10.3 Å². The molecule has 24 heavy (non-hydrogen) atoms. The molecule has 0 aliphatic rings. The molecule has 2 aromatic rings. The summed E-state index contributed by atoms with van der Waals surface area (Å²) in [4.78, 5) is 15.9. The number of nitrogens with one attached hydrogen (secondary N) is 1. The van der Waals surface area contributed by atoms with Crippen molar-refractivity contribution < 1.29 is 0 Å². The molecule has 3 N–H and O–H groups in total. The van der Waals surface area contributed by atoms with Crippen LogP contribution in [-0.2, 0) is 0 Å². The van der Waals surface area contributed by atoms with Gasteiger partial charge in [0.2, 0.25) is 0 Å². The second-order valence-corrected chi connectivity index (χ2v) is 7.63. The molecule has 0 amide bonds. The summed E-state index contributed by atoms with van der Waals surface area (Å²) in [6.45, 7) is 10.6. The van der Waals surface area contributed by atoms with Gasteiger partial charge < -0.3 is 16.0 Å². The number of nitrogen functional groups attached to an aromatic ring is 1. The quantitative estimate of drug-likeness (QED) is 0.355. The largest absolute Gasteiger partial charge is 0.382 e. The molecule has 0 aliphatic heterocycles. The molecule has 0 saturated heterocycles. The minimum atomic E-state index is 0.535. The maximum Gasteiger partial charge on any atom is 0.191 e. The summed E-state index contributed by atoms with van der Waals surface area (Å²) in [5.41, 5.74) is 6.80. The summed E-state index contributed by atoms with van der Waals surface area (Å²) in [5, 5.41) is 4.97. The lowest BCUT2D eigenvalue weighted by atomic mass is 10.3. The van der Waals surface area contributed by atoms with E-state index in [1.807, 2.05) is 0 Å². The molecule has 134 valence electrons. The van der Waals surface area contributed by atoms with Crippen LogP contribution in [0.4, 0.5) is 10.9 Å². The van der Waals surface area contributed by atoms with E-state index < -0.39 is 0 Å². The van der Waals surface area contributed by atoms with Gasteiger partial charge in [0.1, 0.15) is 10.5 Å². The van der Waals surface area contributed by atoms with Crippen LogP contribution in [0.1, 0.15) is 40.0 Å². The first kappa shape index (κ1) is 19.2. The average molecular weight is 369 g/mol. The number of hydrogen-bond acceptors (Lipinski definition) is 8. The van der Waals surface area contributed by atoms with Crippen molar-refractivity contribution in [1.82, 2.24) is 19.9 Å². The van der Waals surface area contributed by atoms with Gasteiger partial charge >= 0.3 is 0 Å². The van der Waals surface area contributed by atoms with Gasteiger partial charge in [-0.1, -0.05) is 56.7 Å². The second-order valence-electron chi connectivity index (χ2n) is 5.57. The highest BCUT2D eigenvalue weighted by molar-refractivity contribution is 7.99. The maximum atomic E-state index is 6.09. The van der Waals surface area contributed by atoms with E-state index in [0.717, 1.165) is 46.9 Å². The number of hydrogen-bond donors (Lipinski definition) is 2. The van der Waals surface area contributed by atoms with Crippen molar-refractivity contribution in [1.29, 1.82) is 0 Å². The van der Waals surface area contributed by atoms with E-state index in [4.69, 9.17) is 5.73 Å². The minimum Gasteiger partial charge on any atom is -0.382 e. The van der Waals surface area contributed by atoms with Gasteiger partial charge in [0.25, 0.3) is 0 Å². The van der Waals surface area contributed by atoms with Crippen LogP contribution in [0.2, 0.25) is 0 Å². The van der Waals surface area contributed by atoms with Crippen molar-refractivity contribution in [3.63, 3.8) is 0 Å². The predicted molar refractivity (Wildman–Crippen MR) is 106 cm³/mol. The molecule has 2 heterocycles. The minimum absolute atomic E-state index is 0.535. The predicted octanol–water partition coefficient (Wildman–Crippen LogP) is 3.70. The maximum absolute atomic E-state index is 6.09. The third-order valence-electron chi connectivity index (χ3n) is 3.84. The summed E-state index contributed by atoms with van der Waals surface area (Å²) >= 11 is 3.19. The molecule has 0 aliphatic carbocycles. The van der Waals surface area contributed by atoms with Crippen LogP contribution in [0.5, 0.6) is 0 Å². The highest BCUT2D eigenvalue weighted by atomic mass is 32.2. The Labute approximate surface area is 152 Å². The molecule has 0 unspecified atom stereocenters. The summed E-state index contributed by atoms with van der Waals surface area (Å²) in [6, 6.07) is 0.